The van der Waals surface area contributed by atoms with Crippen molar-refractivity contribution in [3.8, 4) is 0 Å². The van der Waals surface area contributed by atoms with Gasteiger partial charge in [0.1, 0.15) is 12.0 Å². The Hall–Kier alpha value is -0.700. The van der Waals surface area contributed by atoms with E-state index in [9.17, 15) is 0 Å². The van der Waals surface area contributed by atoms with Crippen molar-refractivity contribution in [2.75, 3.05) is 27.4 Å². The molecule has 0 aromatic rings. The molecule has 0 bridgehead atoms. The lowest BCUT2D eigenvalue weighted by Gasteiger charge is -2.07. The SMILES string of the molecule is CN(C)CC1=COCO1. The fourth-order valence-electron chi connectivity index (χ4n) is 0.665. The Labute approximate surface area is 54.9 Å². The van der Waals surface area contributed by atoms with Crippen LogP contribution < -0.4 is 0 Å². The molecule has 0 fully saturated rings. The Morgan fingerprint density at radius 1 is 1.67 bits per heavy atom. The predicted molar refractivity (Wildman–Crippen MR) is 33.7 cm³/mol. The molecule has 3 nitrogen and oxygen atoms in total. The molecule has 9 heavy (non-hydrogen) atoms. The molecule has 0 radical (unpaired) electrons. The zero-order valence-electron chi connectivity index (χ0n) is 5.76. The molecule has 1 rings (SSSR count). The summed E-state index contributed by atoms with van der Waals surface area (Å²) < 4.78 is 9.91. The normalized spacial score (nSPS) is 17.0. The van der Waals surface area contributed by atoms with Gasteiger partial charge in [0.25, 0.3) is 0 Å². The van der Waals surface area contributed by atoms with E-state index in [0.717, 1.165) is 12.3 Å². The van der Waals surface area contributed by atoms with E-state index >= 15 is 0 Å². The van der Waals surface area contributed by atoms with Crippen molar-refractivity contribution in [2.24, 2.45) is 0 Å². The molecule has 0 atom stereocenters. The molecule has 1 aliphatic rings. The molecule has 1 heterocycles. The summed E-state index contributed by atoms with van der Waals surface area (Å²) in [6.07, 6.45) is 1.65. The number of ether oxygens (including phenoxy) is 2. The molecular weight excluding hydrogens is 118 g/mol. The van der Waals surface area contributed by atoms with E-state index in [2.05, 4.69) is 0 Å². The van der Waals surface area contributed by atoms with E-state index in [1.54, 1.807) is 6.26 Å². The largest absolute Gasteiger partial charge is 0.462 e. The Kier molecular flexibility index (Phi) is 1.95. The van der Waals surface area contributed by atoms with Gasteiger partial charge in [-0.3, -0.25) is 0 Å². The van der Waals surface area contributed by atoms with Gasteiger partial charge < -0.3 is 14.4 Å². The summed E-state index contributed by atoms with van der Waals surface area (Å²) in [4.78, 5) is 2.03. The molecular formula is C6H11NO2. The van der Waals surface area contributed by atoms with Crippen LogP contribution in [0.4, 0.5) is 0 Å². The molecule has 0 unspecified atom stereocenters. The van der Waals surface area contributed by atoms with Crippen LogP contribution in [-0.4, -0.2) is 32.3 Å². The summed E-state index contributed by atoms with van der Waals surface area (Å²) in [6, 6.07) is 0. The topological polar surface area (TPSA) is 21.7 Å². The van der Waals surface area contributed by atoms with Gasteiger partial charge in [0, 0.05) is 0 Å². The fourth-order valence-corrected chi connectivity index (χ4v) is 0.665. The van der Waals surface area contributed by atoms with Gasteiger partial charge in [0.15, 0.2) is 0 Å². The minimum Gasteiger partial charge on any atom is -0.462 e. The van der Waals surface area contributed by atoms with E-state index < -0.39 is 0 Å². The minimum atomic E-state index is 0.378. The van der Waals surface area contributed by atoms with Crippen LogP contribution in [0.25, 0.3) is 0 Å². The Morgan fingerprint density at radius 3 is 2.89 bits per heavy atom. The van der Waals surface area contributed by atoms with Crippen LogP contribution in [0.3, 0.4) is 0 Å². The fraction of sp³-hybridized carbons (Fsp3) is 0.667. The second-order valence-electron chi connectivity index (χ2n) is 2.25. The van der Waals surface area contributed by atoms with Crippen LogP contribution in [0.2, 0.25) is 0 Å². The zero-order chi connectivity index (χ0) is 6.69. The first kappa shape index (κ1) is 6.42. The molecule has 0 aliphatic carbocycles. The highest BCUT2D eigenvalue weighted by Crippen LogP contribution is 2.05. The monoisotopic (exact) mass is 129 g/mol. The number of hydrogen-bond donors (Lipinski definition) is 0. The highest BCUT2D eigenvalue weighted by molar-refractivity contribution is 4.92. The molecule has 0 amide bonds. The maximum Gasteiger partial charge on any atom is 0.229 e. The standard InChI is InChI=1S/C6H11NO2/c1-7(2)3-6-4-8-5-9-6/h4H,3,5H2,1-2H3. The molecule has 0 aromatic heterocycles. The average molecular weight is 129 g/mol. The summed E-state index contributed by atoms with van der Waals surface area (Å²) in [5.41, 5.74) is 0. The van der Waals surface area contributed by atoms with Crippen LogP contribution in [0.15, 0.2) is 12.0 Å². The van der Waals surface area contributed by atoms with Crippen molar-refractivity contribution < 1.29 is 9.47 Å². The van der Waals surface area contributed by atoms with E-state index in [0.29, 0.717) is 6.79 Å². The number of likely N-dealkylation sites (N-methyl/N-ethyl adjacent to an activating group) is 1. The highest BCUT2D eigenvalue weighted by Gasteiger charge is 2.05. The lowest BCUT2D eigenvalue weighted by Crippen LogP contribution is -2.15. The molecule has 0 saturated heterocycles. The molecule has 0 saturated carbocycles. The van der Waals surface area contributed by atoms with Crippen LogP contribution in [0.5, 0.6) is 0 Å². The minimum absolute atomic E-state index is 0.378. The Bertz CT molecular complexity index is 120. The van der Waals surface area contributed by atoms with Crippen LogP contribution in [0, 0.1) is 0 Å². The van der Waals surface area contributed by atoms with Gasteiger partial charge in [-0.2, -0.15) is 0 Å². The Morgan fingerprint density at radius 2 is 2.44 bits per heavy atom. The van der Waals surface area contributed by atoms with Gasteiger partial charge in [0.05, 0.1) is 6.54 Å². The highest BCUT2D eigenvalue weighted by atomic mass is 16.7. The molecule has 0 aromatic carbocycles. The molecule has 1 aliphatic heterocycles. The predicted octanol–water partition coefficient (Wildman–Crippen LogP) is 0.394. The van der Waals surface area contributed by atoms with Crippen LogP contribution in [-0.2, 0) is 9.47 Å². The van der Waals surface area contributed by atoms with Gasteiger partial charge in [0.2, 0.25) is 6.79 Å². The van der Waals surface area contributed by atoms with Gasteiger partial charge >= 0.3 is 0 Å². The Balaban J connectivity index is 2.26. The zero-order valence-corrected chi connectivity index (χ0v) is 5.76. The molecule has 3 heteroatoms. The van der Waals surface area contributed by atoms with E-state index in [4.69, 9.17) is 9.47 Å². The lowest BCUT2D eigenvalue weighted by atomic mass is 10.5. The third-order valence-electron chi connectivity index (χ3n) is 0.999. The molecule has 52 valence electrons. The first-order valence-corrected chi connectivity index (χ1v) is 2.87. The van der Waals surface area contributed by atoms with Crippen molar-refractivity contribution >= 4 is 0 Å². The second-order valence-corrected chi connectivity index (χ2v) is 2.25. The average Bonchev–Trinajstić information content (AvgIpc) is 2.15. The van der Waals surface area contributed by atoms with Gasteiger partial charge in [-0.15, -0.1) is 0 Å². The van der Waals surface area contributed by atoms with E-state index in [-0.39, 0.29) is 0 Å². The van der Waals surface area contributed by atoms with Crippen molar-refractivity contribution in [3.63, 3.8) is 0 Å². The van der Waals surface area contributed by atoms with Crippen molar-refractivity contribution in [1.82, 2.24) is 4.90 Å². The smallest absolute Gasteiger partial charge is 0.229 e. The quantitative estimate of drug-likeness (QED) is 0.538. The van der Waals surface area contributed by atoms with Crippen molar-refractivity contribution in [1.29, 1.82) is 0 Å². The summed E-state index contributed by atoms with van der Waals surface area (Å²) in [7, 11) is 3.98. The summed E-state index contributed by atoms with van der Waals surface area (Å²) in [5.74, 6) is 0.903. The van der Waals surface area contributed by atoms with Crippen LogP contribution >= 0.6 is 0 Å². The third kappa shape index (κ3) is 1.93. The maximum absolute atomic E-state index is 5.06. The number of rotatable bonds is 2. The van der Waals surface area contributed by atoms with Crippen molar-refractivity contribution in [2.45, 2.75) is 0 Å². The number of hydrogen-bond acceptors (Lipinski definition) is 3. The summed E-state index contributed by atoms with van der Waals surface area (Å²) in [5, 5.41) is 0. The second kappa shape index (κ2) is 2.73. The van der Waals surface area contributed by atoms with E-state index in [1.165, 1.54) is 0 Å². The number of nitrogens with zero attached hydrogens (tertiary/aromatic N) is 1. The first-order chi connectivity index (χ1) is 4.29. The summed E-state index contributed by atoms with van der Waals surface area (Å²) >= 11 is 0. The van der Waals surface area contributed by atoms with Gasteiger partial charge in [-0.05, 0) is 14.1 Å². The molecule has 0 N–H and O–H groups in total. The van der Waals surface area contributed by atoms with Gasteiger partial charge in [-0.25, -0.2) is 0 Å². The third-order valence-corrected chi connectivity index (χ3v) is 0.999. The van der Waals surface area contributed by atoms with Gasteiger partial charge in [-0.1, -0.05) is 0 Å². The van der Waals surface area contributed by atoms with Crippen LogP contribution in [0.1, 0.15) is 0 Å². The van der Waals surface area contributed by atoms with E-state index in [1.807, 2.05) is 19.0 Å². The molecule has 0 spiro atoms. The van der Waals surface area contributed by atoms with Crippen molar-refractivity contribution in [3.05, 3.63) is 12.0 Å². The lowest BCUT2D eigenvalue weighted by molar-refractivity contribution is 0.0753. The maximum atomic E-state index is 5.06. The first-order valence-electron chi connectivity index (χ1n) is 2.87. The summed E-state index contributed by atoms with van der Waals surface area (Å²) in [6.45, 7) is 1.20.